The van der Waals surface area contributed by atoms with E-state index in [2.05, 4.69) is 49.3 Å². The van der Waals surface area contributed by atoms with Crippen LogP contribution in [0, 0.1) is 13.8 Å². The maximum Gasteiger partial charge on any atom is 0.272 e. The standard InChI is InChI=1S/C19H25N3O/c1-5-6-9-22(4)19(23)18-13-16(7-8-20-18)21-17-11-14(2)10-15(3)12-17/h7-8,10-13H,5-6,9H2,1-4H3,(H,20,21). The first-order valence-electron chi connectivity index (χ1n) is 8.06. The van der Waals surface area contributed by atoms with E-state index in [1.54, 1.807) is 11.1 Å². The van der Waals surface area contributed by atoms with Gasteiger partial charge >= 0.3 is 0 Å². The summed E-state index contributed by atoms with van der Waals surface area (Å²) in [6, 6.07) is 9.99. The molecule has 0 fully saturated rings. The number of carbonyl (C=O) groups excluding carboxylic acids is 1. The predicted octanol–water partition coefficient (Wildman–Crippen LogP) is 4.31. The number of pyridine rings is 1. The first-order chi connectivity index (χ1) is 11.0. The number of hydrogen-bond acceptors (Lipinski definition) is 3. The lowest BCUT2D eigenvalue weighted by molar-refractivity contribution is 0.0787. The van der Waals surface area contributed by atoms with Crippen molar-refractivity contribution in [3.63, 3.8) is 0 Å². The average Bonchev–Trinajstić information content (AvgIpc) is 2.51. The van der Waals surface area contributed by atoms with E-state index in [-0.39, 0.29) is 5.91 Å². The summed E-state index contributed by atoms with van der Waals surface area (Å²) in [5, 5.41) is 3.35. The van der Waals surface area contributed by atoms with E-state index in [0.29, 0.717) is 5.69 Å². The lowest BCUT2D eigenvalue weighted by atomic mass is 10.1. The van der Waals surface area contributed by atoms with Crippen LogP contribution in [0.3, 0.4) is 0 Å². The molecule has 0 saturated carbocycles. The number of anilines is 2. The zero-order chi connectivity index (χ0) is 16.8. The summed E-state index contributed by atoms with van der Waals surface area (Å²) in [4.78, 5) is 18.3. The van der Waals surface area contributed by atoms with Crippen molar-refractivity contribution in [1.29, 1.82) is 0 Å². The highest BCUT2D eigenvalue weighted by molar-refractivity contribution is 5.93. The van der Waals surface area contributed by atoms with Crippen LogP contribution in [0.2, 0.25) is 0 Å². The van der Waals surface area contributed by atoms with Crippen molar-refractivity contribution in [2.75, 3.05) is 18.9 Å². The van der Waals surface area contributed by atoms with Crippen molar-refractivity contribution in [2.24, 2.45) is 0 Å². The van der Waals surface area contributed by atoms with Gasteiger partial charge < -0.3 is 10.2 Å². The number of carbonyl (C=O) groups is 1. The fraction of sp³-hybridized carbons (Fsp3) is 0.368. The second-order valence-electron chi connectivity index (χ2n) is 6.01. The molecule has 23 heavy (non-hydrogen) atoms. The summed E-state index contributed by atoms with van der Waals surface area (Å²) in [5.41, 5.74) is 4.77. The normalized spacial score (nSPS) is 10.4. The first kappa shape index (κ1) is 17.0. The SMILES string of the molecule is CCCCN(C)C(=O)c1cc(Nc2cc(C)cc(C)c2)ccn1. The van der Waals surface area contributed by atoms with E-state index in [4.69, 9.17) is 0 Å². The summed E-state index contributed by atoms with van der Waals surface area (Å²) in [6.45, 7) is 7.02. The van der Waals surface area contributed by atoms with Crippen LogP contribution in [-0.2, 0) is 0 Å². The van der Waals surface area contributed by atoms with Gasteiger partial charge in [0, 0.05) is 31.2 Å². The predicted molar refractivity (Wildman–Crippen MR) is 95.3 cm³/mol. The second-order valence-corrected chi connectivity index (χ2v) is 6.01. The molecule has 1 aromatic heterocycles. The van der Waals surface area contributed by atoms with Crippen molar-refractivity contribution in [3.05, 3.63) is 53.3 Å². The van der Waals surface area contributed by atoms with Crippen LogP contribution in [0.25, 0.3) is 0 Å². The molecule has 0 spiro atoms. The van der Waals surface area contributed by atoms with Crippen LogP contribution < -0.4 is 5.32 Å². The topological polar surface area (TPSA) is 45.2 Å². The number of nitrogens with one attached hydrogen (secondary N) is 1. The Morgan fingerprint density at radius 1 is 1.13 bits per heavy atom. The largest absolute Gasteiger partial charge is 0.355 e. The minimum atomic E-state index is -0.0393. The Labute approximate surface area is 138 Å². The summed E-state index contributed by atoms with van der Waals surface area (Å²) in [6.07, 6.45) is 3.74. The van der Waals surface area contributed by atoms with Gasteiger partial charge in [0.1, 0.15) is 5.69 Å². The molecule has 1 amide bonds. The molecule has 1 aromatic carbocycles. The molecule has 1 heterocycles. The second kappa shape index (κ2) is 7.77. The van der Waals surface area contributed by atoms with E-state index in [1.807, 2.05) is 19.2 Å². The minimum absolute atomic E-state index is 0.0393. The van der Waals surface area contributed by atoms with E-state index >= 15 is 0 Å². The average molecular weight is 311 g/mol. The lowest BCUT2D eigenvalue weighted by Gasteiger charge is -2.16. The molecule has 0 saturated heterocycles. The Hall–Kier alpha value is -2.36. The van der Waals surface area contributed by atoms with Gasteiger partial charge in [-0.2, -0.15) is 0 Å². The molecule has 0 atom stereocenters. The van der Waals surface area contributed by atoms with Gasteiger partial charge in [-0.15, -0.1) is 0 Å². The number of nitrogens with zero attached hydrogens (tertiary/aromatic N) is 2. The van der Waals surface area contributed by atoms with Crippen LogP contribution in [0.5, 0.6) is 0 Å². The molecule has 2 rings (SSSR count). The zero-order valence-corrected chi connectivity index (χ0v) is 14.4. The molecular formula is C19H25N3O. The quantitative estimate of drug-likeness (QED) is 0.864. The maximum absolute atomic E-state index is 12.4. The van der Waals surface area contributed by atoms with Gasteiger partial charge in [0.15, 0.2) is 0 Å². The van der Waals surface area contributed by atoms with Crippen LogP contribution in [0.4, 0.5) is 11.4 Å². The number of unbranched alkanes of at least 4 members (excludes halogenated alkanes) is 1. The van der Waals surface area contributed by atoms with Gasteiger partial charge in [-0.3, -0.25) is 9.78 Å². The van der Waals surface area contributed by atoms with Crippen molar-refractivity contribution < 1.29 is 4.79 Å². The molecule has 0 aliphatic rings. The smallest absolute Gasteiger partial charge is 0.272 e. The van der Waals surface area contributed by atoms with Crippen LogP contribution in [0.1, 0.15) is 41.4 Å². The molecule has 122 valence electrons. The fourth-order valence-electron chi connectivity index (χ4n) is 2.53. The number of aryl methyl sites for hydroxylation is 2. The number of benzene rings is 1. The van der Waals surface area contributed by atoms with Crippen LogP contribution in [-0.4, -0.2) is 29.4 Å². The third-order valence-electron chi connectivity index (χ3n) is 3.68. The minimum Gasteiger partial charge on any atom is -0.355 e. The monoisotopic (exact) mass is 311 g/mol. The van der Waals surface area contributed by atoms with Crippen LogP contribution >= 0.6 is 0 Å². The van der Waals surface area contributed by atoms with Gasteiger partial charge in [-0.1, -0.05) is 19.4 Å². The summed E-state index contributed by atoms with van der Waals surface area (Å²) in [5.74, 6) is -0.0393. The number of hydrogen-bond donors (Lipinski definition) is 1. The molecule has 1 N–H and O–H groups in total. The number of rotatable bonds is 6. The van der Waals surface area contributed by atoms with Crippen molar-refractivity contribution >= 4 is 17.3 Å². The molecular weight excluding hydrogens is 286 g/mol. The van der Waals surface area contributed by atoms with Crippen molar-refractivity contribution in [1.82, 2.24) is 9.88 Å². The summed E-state index contributed by atoms with van der Waals surface area (Å²) in [7, 11) is 1.82. The summed E-state index contributed by atoms with van der Waals surface area (Å²) >= 11 is 0. The highest BCUT2D eigenvalue weighted by Crippen LogP contribution is 2.20. The number of amides is 1. The zero-order valence-electron chi connectivity index (χ0n) is 14.4. The summed E-state index contributed by atoms with van der Waals surface area (Å²) < 4.78 is 0. The molecule has 0 bridgehead atoms. The third-order valence-corrected chi connectivity index (χ3v) is 3.68. The van der Waals surface area contributed by atoms with Crippen LogP contribution in [0.15, 0.2) is 36.5 Å². The van der Waals surface area contributed by atoms with Gasteiger partial charge in [0.25, 0.3) is 5.91 Å². The Bertz CT molecular complexity index is 662. The highest BCUT2D eigenvalue weighted by Gasteiger charge is 2.13. The third kappa shape index (κ3) is 4.81. The Balaban J connectivity index is 2.14. The Kier molecular flexibility index (Phi) is 5.74. The lowest BCUT2D eigenvalue weighted by Crippen LogP contribution is -2.28. The van der Waals surface area contributed by atoms with Crippen molar-refractivity contribution in [3.8, 4) is 0 Å². The van der Waals surface area contributed by atoms with Gasteiger partial charge in [0.2, 0.25) is 0 Å². The van der Waals surface area contributed by atoms with Gasteiger partial charge in [-0.25, -0.2) is 0 Å². The molecule has 0 aliphatic carbocycles. The van der Waals surface area contributed by atoms with Crippen molar-refractivity contribution in [2.45, 2.75) is 33.6 Å². The van der Waals surface area contributed by atoms with E-state index < -0.39 is 0 Å². The molecule has 2 aromatic rings. The van der Waals surface area contributed by atoms with E-state index in [0.717, 1.165) is 30.8 Å². The molecule has 4 nitrogen and oxygen atoms in total. The fourth-order valence-corrected chi connectivity index (χ4v) is 2.53. The molecule has 0 unspecified atom stereocenters. The Morgan fingerprint density at radius 2 is 1.83 bits per heavy atom. The maximum atomic E-state index is 12.4. The van der Waals surface area contributed by atoms with Gasteiger partial charge in [0.05, 0.1) is 0 Å². The molecule has 4 heteroatoms. The van der Waals surface area contributed by atoms with E-state index in [1.165, 1.54) is 11.1 Å². The first-order valence-corrected chi connectivity index (χ1v) is 8.06. The van der Waals surface area contributed by atoms with Gasteiger partial charge in [-0.05, 0) is 55.7 Å². The molecule has 0 radical (unpaired) electrons. The highest BCUT2D eigenvalue weighted by atomic mass is 16.2. The van der Waals surface area contributed by atoms with E-state index in [9.17, 15) is 4.79 Å². The Morgan fingerprint density at radius 3 is 2.48 bits per heavy atom. The molecule has 0 aliphatic heterocycles. The number of aromatic nitrogens is 1.